The summed E-state index contributed by atoms with van der Waals surface area (Å²) < 4.78 is 14.7. The van der Waals surface area contributed by atoms with Gasteiger partial charge in [0.05, 0.1) is 50.6 Å². The molecular formula is C44H48N6O5Si. The summed E-state index contributed by atoms with van der Waals surface area (Å²) in [4.78, 5) is 30.9. The highest BCUT2D eigenvalue weighted by atomic mass is 28.3. The molecule has 1 saturated heterocycles. The van der Waals surface area contributed by atoms with Gasteiger partial charge < -0.3 is 19.5 Å². The molecule has 1 N–H and O–H groups in total. The number of nitrogens with zero attached hydrogens (tertiary/aromatic N) is 6. The Morgan fingerprint density at radius 2 is 1.68 bits per heavy atom. The third-order valence-corrected chi connectivity index (χ3v) is 16.3. The number of hydrogen-bond donors (Lipinski definition) is 1. The van der Waals surface area contributed by atoms with E-state index in [9.17, 15) is 9.90 Å². The number of aryl methyl sites for hydroxylation is 1. The van der Waals surface area contributed by atoms with Crippen molar-refractivity contribution in [2.45, 2.75) is 76.0 Å². The lowest BCUT2D eigenvalue weighted by atomic mass is 9.82. The van der Waals surface area contributed by atoms with Crippen LogP contribution in [-0.4, -0.2) is 65.5 Å². The smallest absolute Gasteiger partial charge is 0.264 e. The lowest BCUT2D eigenvalue weighted by molar-refractivity contribution is -0.146. The van der Waals surface area contributed by atoms with Gasteiger partial charge in [0.2, 0.25) is 5.91 Å². The summed E-state index contributed by atoms with van der Waals surface area (Å²) >= 11 is 0. The molecule has 0 bridgehead atoms. The largest absolute Gasteiger partial charge is 0.497 e. The third-order valence-electron chi connectivity index (χ3n) is 12.0. The van der Waals surface area contributed by atoms with Crippen molar-refractivity contribution in [1.29, 1.82) is 0 Å². The van der Waals surface area contributed by atoms with Crippen molar-refractivity contribution in [3.63, 3.8) is 0 Å². The minimum absolute atomic E-state index is 0.000909. The number of aliphatic hydroxyl groups is 1. The molecule has 56 heavy (non-hydrogen) atoms. The maximum Gasteiger partial charge on any atom is 0.264 e. The highest BCUT2D eigenvalue weighted by Crippen LogP contribution is 2.60. The zero-order valence-corrected chi connectivity index (χ0v) is 33.3. The van der Waals surface area contributed by atoms with Crippen molar-refractivity contribution < 1.29 is 24.2 Å². The fourth-order valence-electron chi connectivity index (χ4n) is 9.15. The quantitative estimate of drug-likeness (QED) is 0.150. The second kappa shape index (κ2) is 15.2. The van der Waals surface area contributed by atoms with Gasteiger partial charge in [0.1, 0.15) is 5.75 Å². The molecule has 1 spiro atoms. The number of aromatic nitrogens is 3. The van der Waals surface area contributed by atoms with Gasteiger partial charge in [-0.2, -0.15) is 5.10 Å². The third kappa shape index (κ3) is 6.65. The van der Waals surface area contributed by atoms with Crippen LogP contribution in [0.15, 0.2) is 114 Å². The van der Waals surface area contributed by atoms with E-state index < -0.39 is 13.7 Å². The first kappa shape index (κ1) is 37.5. The molecule has 12 heteroatoms. The molecule has 11 nitrogen and oxygen atoms in total. The van der Waals surface area contributed by atoms with Crippen LogP contribution in [-0.2, 0) is 39.4 Å². The standard InChI is InChI=1S/C44H48N6O5Si/c1-30-42(56(3,4)36-18-16-35(54-2)17-19-36)40(23-25-48-29-33(24-26-51)45-47-48)55-44(30)37-27-34(50-41(52)22-20-38(46-50)32-13-9-6-10-14-32)15-21-39(37)49(43(44)53)28-31-11-7-5-8-12-31/h5-19,21,27,29-30,40,42,51H,20,22-26,28H2,1-4H3/t30-,40+,42-,44+/m1/s1. The number of fused-ring (bicyclic) bond motifs is 2. The number of carbonyl (C=O) groups is 2. The Kier molecular flexibility index (Phi) is 10.2. The molecule has 3 aliphatic rings. The van der Waals surface area contributed by atoms with Crippen LogP contribution in [0.2, 0.25) is 18.6 Å². The molecule has 4 aromatic carbocycles. The Labute approximate surface area is 328 Å². The summed E-state index contributed by atoms with van der Waals surface area (Å²) in [6.45, 7) is 7.82. The van der Waals surface area contributed by atoms with E-state index in [0.29, 0.717) is 44.5 Å². The minimum atomic E-state index is -2.41. The van der Waals surface area contributed by atoms with Gasteiger partial charge in [-0.15, -0.1) is 5.10 Å². The van der Waals surface area contributed by atoms with E-state index in [1.807, 2.05) is 102 Å². The maximum absolute atomic E-state index is 15.4. The summed E-state index contributed by atoms with van der Waals surface area (Å²) in [7, 11) is -0.743. The number of benzene rings is 4. The summed E-state index contributed by atoms with van der Waals surface area (Å²) in [5.41, 5.74) is 4.39. The molecule has 8 rings (SSSR count). The Bertz CT molecular complexity index is 2250. The van der Waals surface area contributed by atoms with Crippen LogP contribution in [0, 0.1) is 5.92 Å². The van der Waals surface area contributed by atoms with Gasteiger partial charge >= 0.3 is 0 Å². The van der Waals surface area contributed by atoms with Crippen molar-refractivity contribution >= 4 is 42.2 Å². The molecule has 0 unspecified atom stereocenters. The van der Waals surface area contributed by atoms with Crippen molar-refractivity contribution in [3.05, 3.63) is 132 Å². The highest BCUT2D eigenvalue weighted by Gasteiger charge is 2.66. The zero-order chi connectivity index (χ0) is 39.0. The molecule has 1 fully saturated rings. The van der Waals surface area contributed by atoms with Crippen molar-refractivity contribution in [2.24, 2.45) is 11.0 Å². The number of anilines is 2. The summed E-state index contributed by atoms with van der Waals surface area (Å²) in [6.07, 6.45) is 3.48. The average Bonchev–Trinajstić information content (AvgIpc) is 3.87. The predicted molar refractivity (Wildman–Crippen MR) is 219 cm³/mol. The van der Waals surface area contributed by atoms with Gasteiger partial charge in [-0.3, -0.25) is 14.3 Å². The zero-order valence-electron chi connectivity index (χ0n) is 32.3. The van der Waals surface area contributed by atoms with Crippen molar-refractivity contribution in [2.75, 3.05) is 23.6 Å². The van der Waals surface area contributed by atoms with Crippen LogP contribution in [0.4, 0.5) is 11.4 Å². The van der Waals surface area contributed by atoms with Crippen LogP contribution in [0.25, 0.3) is 0 Å². The molecule has 5 aromatic rings. The Morgan fingerprint density at radius 1 is 0.946 bits per heavy atom. The number of hydrazone groups is 1. The first-order valence-corrected chi connectivity index (χ1v) is 22.5. The number of ether oxygens (including phenoxy) is 2. The van der Waals surface area contributed by atoms with Crippen LogP contribution < -0.4 is 19.8 Å². The normalized spacial score (nSPS) is 22.2. The molecule has 4 heterocycles. The average molecular weight is 769 g/mol. The molecule has 0 radical (unpaired) electrons. The number of carbonyl (C=O) groups excluding carboxylic acids is 2. The maximum atomic E-state index is 15.4. The number of hydrogen-bond acceptors (Lipinski definition) is 8. The SMILES string of the molecule is COc1ccc([Si](C)(C)[C@H]2[C@H](CCn3cc(CCO)nn3)O[C@@]3(C(=O)N(Cc4ccccc4)c4ccc(N5N=C(c6ccccc6)CCC5=O)cc43)[C@@H]2C)cc1. The Hall–Kier alpha value is -5.43. The highest BCUT2D eigenvalue weighted by molar-refractivity contribution is 6.91. The molecule has 0 aliphatic carbocycles. The molecule has 4 atom stereocenters. The minimum Gasteiger partial charge on any atom is -0.497 e. The van der Waals surface area contributed by atoms with E-state index in [0.717, 1.165) is 39.5 Å². The second-order valence-electron chi connectivity index (χ2n) is 15.6. The van der Waals surface area contributed by atoms with Crippen molar-refractivity contribution in [3.8, 4) is 5.75 Å². The second-order valence-corrected chi connectivity index (χ2v) is 20.3. The van der Waals surface area contributed by atoms with E-state index in [1.54, 1.807) is 11.8 Å². The molecule has 3 aliphatic heterocycles. The summed E-state index contributed by atoms with van der Waals surface area (Å²) in [5, 5.41) is 25.7. The molecule has 288 valence electrons. The van der Waals surface area contributed by atoms with Gasteiger partial charge in [0.25, 0.3) is 5.91 Å². The van der Waals surface area contributed by atoms with Gasteiger partial charge in [0.15, 0.2) is 5.60 Å². The Balaban J connectivity index is 1.24. The summed E-state index contributed by atoms with van der Waals surface area (Å²) in [6, 6.07) is 34.1. The number of aliphatic hydroxyl groups excluding tert-OH is 1. The van der Waals surface area contributed by atoms with Gasteiger partial charge in [-0.1, -0.05) is 103 Å². The van der Waals surface area contributed by atoms with E-state index in [1.165, 1.54) is 10.2 Å². The topological polar surface area (TPSA) is 122 Å². The van der Waals surface area contributed by atoms with Gasteiger partial charge in [-0.05, 0) is 53.4 Å². The van der Waals surface area contributed by atoms with Crippen molar-refractivity contribution in [1.82, 2.24) is 15.0 Å². The number of amides is 2. The monoisotopic (exact) mass is 768 g/mol. The van der Waals surface area contributed by atoms with Crippen LogP contribution in [0.1, 0.15) is 48.6 Å². The van der Waals surface area contributed by atoms with Crippen LogP contribution in [0.5, 0.6) is 5.75 Å². The number of methoxy groups -OCH3 is 1. The fraction of sp³-hybridized carbons (Fsp3) is 0.341. The van der Waals surface area contributed by atoms with Crippen LogP contribution in [0.3, 0.4) is 0 Å². The van der Waals surface area contributed by atoms with E-state index in [-0.39, 0.29) is 36.0 Å². The van der Waals surface area contributed by atoms with Gasteiger partial charge in [0, 0.05) is 50.1 Å². The fourth-order valence-corrected chi connectivity index (χ4v) is 13.2. The predicted octanol–water partition coefficient (Wildman–Crippen LogP) is 6.21. The molecule has 2 amide bonds. The van der Waals surface area contributed by atoms with E-state index >= 15 is 4.79 Å². The molecule has 0 saturated carbocycles. The lowest BCUT2D eigenvalue weighted by Crippen LogP contribution is -2.51. The van der Waals surface area contributed by atoms with E-state index in [2.05, 4.69) is 42.5 Å². The first-order chi connectivity index (χ1) is 27.1. The number of rotatable bonds is 12. The van der Waals surface area contributed by atoms with Gasteiger partial charge in [-0.25, -0.2) is 5.01 Å². The molecular weight excluding hydrogens is 721 g/mol. The molecule has 1 aromatic heterocycles. The van der Waals surface area contributed by atoms with Crippen LogP contribution >= 0.6 is 0 Å². The Morgan fingerprint density at radius 3 is 2.39 bits per heavy atom. The lowest BCUT2D eigenvalue weighted by Gasteiger charge is -2.37. The van der Waals surface area contributed by atoms with E-state index in [4.69, 9.17) is 14.6 Å². The first-order valence-electron chi connectivity index (χ1n) is 19.4. The summed E-state index contributed by atoms with van der Waals surface area (Å²) in [5.74, 6) is 0.361.